The average Bonchev–Trinajstić information content (AvgIpc) is 3.02. The molecule has 0 heterocycles. The highest BCUT2D eigenvalue weighted by Crippen LogP contribution is 2.20. The van der Waals surface area contributed by atoms with Crippen molar-refractivity contribution in [2.75, 3.05) is 26.2 Å². The highest BCUT2D eigenvalue weighted by molar-refractivity contribution is 5.66. The van der Waals surface area contributed by atoms with E-state index in [1.54, 1.807) is 0 Å². The number of nitrogens with zero attached hydrogens (tertiary/aromatic N) is 1. The highest BCUT2D eigenvalue weighted by atomic mass is 16.4. The molecule has 0 bridgehead atoms. The van der Waals surface area contributed by atoms with Crippen LogP contribution in [0.15, 0.2) is 12.2 Å². The van der Waals surface area contributed by atoms with E-state index < -0.39 is 17.9 Å². The zero-order chi connectivity index (χ0) is 34.0. The Bertz CT molecular complexity index is 698. The molecule has 0 unspecified atom stereocenters. The predicted octanol–water partition coefficient (Wildman–Crippen LogP) is 9.61. The van der Waals surface area contributed by atoms with E-state index in [2.05, 4.69) is 19.1 Å². The van der Waals surface area contributed by atoms with Crippen LogP contribution in [0.1, 0.15) is 193 Å². The fourth-order valence-electron chi connectivity index (χ4n) is 6.59. The number of carbonyl (C=O) groups is 3. The molecule has 0 saturated heterocycles. The molecule has 0 spiro atoms. The number of hydrogen-bond acceptors (Lipinski definition) is 4. The first-order valence-electron chi connectivity index (χ1n) is 19.4. The van der Waals surface area contributed by atoms with Gasteiger partial charge in [0.25, 0.3) is 0 Å². The summed E-state index contributed by atoms with van der Waals surface area (Å²) < 4.78 is 0.850. The third-order valence-corrected chi connectivity index (χ3v) is 9.45. The van der Waals surface area contributed by atoms with Gasteiger partial charge >= 0.3 is 11.9 Å². The van der Waals surface area contributed by atoms with Crippen LogP contribution in [0.2, 0.25) is 0 Å². The van der Waals surface area contributed by atoms with E-state index in [1.807, 2.05) is 0 Å². The van der Waals surface area contributed by atoms with Crippen molar-refractivity contribution in [2.45, 2.75) is 193 Å². The maximum absolute atomic E-state index is 11.0. The third-order valence-electron chi connectivity index (χ3n) is 9.45. The molecule has 0 radical (unpaired) electrons. The van der Waals surface area contributed by atoms with Gasteiger partial charge < -0.3 is 24.6 Å². The zero-order valence-electron chi connectivity index (χ0n) is 30.0. The average molecular weight is 652 g/mol. The van der Waals surface area contributed by atoms with Crippen molar-refractivity contribution in [3.8, 4) is 0 Å². The first kappa shape index (κ1) is 44.1. The van der Waals surface area contributed by atoms with E-state index in [1.165, 1.54) is 122 Å². The number of rotatable bonds is 37. The highest BCUT2D eigenvalue weighted by Gasteiger charge is 2.26. The standard InChI is InChI=1S/C39H73NO6/c1-2-3-4-5-6-7-8-9-10-11-12-13-14-15-16-17-18-19-20-21-22-26-33-40(34-27-23-30-37(41)42,35-28-24-31-38(43)44)36-29-25-32-39(45)46/h7-8H,2-6,9-36H2,1H3,(H2-,41,42,43,44,45,46)/b8-7+. The fraction of sp³-hybridized carbons (Fsp3) is 0.872. The van der Waals surface area contributed by atoms with Gasteiger partial charge in [0.15, 0.2) is 0 Å². The molecule has 270 valence electrons. The van der Waals surface area contributed by atoms with Crippen molar-refractivity contribution in [1.29, 1.82) is 0 Å². The third kappa shape index (κ3) is 32.1. The van der Waals surface area contributed by atoms with Crippen LogP contribution in [0.3, 0.4) is 0 Å². The minimum absolute atomic E-state index is 0.0649. The summed E-state index contributed by atoms with van der Waals surface area (Å²) in [4.78, 5) is 33.0. The van der Waals surface area contributed by atoms with Crippen molar-refractivity contribution in [3.05, 3.63) is 12.2 Å². The van der Waals surface area contributed by atoms with Crippen LogP contribution in [-0.2, 0) is 14.4 Å². The Kier molecular flexibility index (Phi) is 31.7. The Hall–Kier alpha value is -1.89. The summed E-state index contributed by atoms with van der Waals surface area (Å²) in [6.45, 7) is 5.89. The van der Waals surface area contributed by atoms with E-state index in [-0.39, 0.29) is 19.3 Å². The Morgan fingerprint density at radius 2 is 0.761 bits per heavy atom. The summed E-state index contributed by atoms with van der Waals surface area (Å²) in [7, 11) is 0. The topological polar surface area (TPSA) is 115 Å². The molecule has 0 aliphatic heterocycles. The summed E-state index contributed by atoms with van der Waals surface area (Å²) in [5.41, 5.74) is 0. The monoisotopic (exact) mass is 652 g/mol. The van der Waals surface area contributed by atoms with Crippen LogP contribution in [0.5, 0.6) is 0 Å². The van der Waals surface area contributed by atoms with Gasteiger partial charge in [-0.05, 0) is 83.5 Å². The zero-order valence-corrected chi connectivity index (χ0v) is 30.0. The Morgan fingerprint density at radius 3 is 1.11 bits per heavy atom. The van der Waals surface area contributed by atoms with E-state index in [0.717, 1.165) is 56.3 Å². The van der Waals surface area contributed by atoms with Crippen molar-refractivity contribution in [1.82, 2.24) is 0 Å². The largest absolute Gasteiger partial charge is 0.550 e. The molecule has 0 rings (SSSR count). The number of unbranched alkanes of at least 4 members (excludes halogenated alkanes) is 21. The summed E-state index contributed by atoms with van der Waals surface area (Å²) >= 11 is 0. The van der Waals surface area contributed by atoms with Gasteiger partial charge in [-0.15, -0.1) is 0 Å². The molecule has 7 heteroatoms. The quantitative estimate of drug-likeness (QED) is 0.0393. The summed E-state index contributed by atoms with van der Waals surface area (Å²) in [5, 5.41) is 29.0. The lowest BCUT2D eigenvalue weighted by Gasteiger charge is -2.39. The van der Waals surface area contributed by atoms with Gasteiger partial charge in [0.05, 0.1) is 26.2 Å². The van der Waals surface area contributed by atoms with E-state index in [4.69, 9.17) is 10.2 Å². The summed E-state index contributed by atoms with van der Waals surface area (Å²) in [5.74, 6) is -2.56. The molecular weight excluding hydrogens is 578 g/mol. The molecule has 0 aromatic rings. The molecular formula is C39H73NO6. The normalized spacial score (nSPS) is 11.8. The van der Waals surface area contributed by atoms with Gasteiger partial charge in [0.1, 0.15) is 0 Å². The number of carboxylic acids is 3. The molecule has 7 nitrogen and oxygen atoms in total. The lowest BCUT2D eigenvalue weighted by atomic mass is 10.0. The Labute approximate surface area is 283 Å². The second kappa shape index (κ2) is 33.0. The maximum atomic E-state index is 11.0. The predicted molar refractivity (Wildman–Crippen MR) is 189 cm³/mol. The lowest BCUT2D eigenvalue weighted by molar-refractivity contribution is -0.929. The van der Waals surface area contributed by atoms with Crippen molar-refractivity contribution >= 4 is 17.9 Å². The molecule has 0 aromatic heterocycles. The molecule has 0 aliphatic rings. The van der Waals surface area contributed by atoms with Crippen molar-refractivity contribution in [3.63, 3.8) is 0 Å². The van der Waals surface area contributed by atoms with Crippen LogP contribution in [0, 0.1) is 0 Å². The van der Waals surface area contributed by atoms with E-state index in [0.29, 0.717) is 19.3 Å². The van der Waals surface area contributed by atoms with Crippen LogP contribution >= 0.6 is 0 Å². The van der Waals surface area contributed by atoms with Crippen LogP contribution in [-0.4, -0.2) is 58.8 Å². The van der Waals surface area contributed by atoms with Crippen LogP contribution in [0.4, 0.5) is 0 Å². The molecule has 0 amide bonds. The number of allylic oxidation sites excluding steroid dienone is 2. The van der Waals surface area contributed by atoms with E-state index in [9.17, 15) is 19.5 Å². The van der Waals surface area contributed by atoms with E-state index >= 15 is 0 Å². The first-order valence-corrected chi connectivity index (χ1v) is 19.4. The first-order chi connectivity index (χ1) is 22.3. The maximum Gasteiger partial charge on any atom is 0.303 e. The lowest BCUT2D eigenvalue weighted by Crippen LogP contribution is -2.51. The van der Waals surface area contributed by atoms with Gasteiger partial charge in [-0.2, -0.15) is 0 Å². The minimum atomic E-state index is -1.02. The molecule has 2 N–H and O–H groups in total. The molecule has 0 atom stereocenters. The molecule has 0 saturated carbocycles. The Balaban J connectivity index is 4.14. The number of carbonyl (C=O) groups excluding carboxylic acids is 1. The second-order valence-electron chi connectivity index (χ2n) is 13.8. The van der Waals surface area contributed by atoms with Crippen LogP contribution < -0.4 is 5.11 Å². The smallest absolute Gasteiger partial charge is 0.303 e. The van der Waals surface area contributed by atoms with Crippen molar-refractivity contribution < 1.29 is 34.2 Å². The van der Waals surface area contributed by atoms with Gasteiger partial charge in [0, 0.05) is 18.8 Å². The van der Waals surface area contributed by atoms with Gasteiger partial charge in [-0.1, -0.05) is 109 Å². The Morgan fingerprint density at radius 1 is 0.457 bits per heavy atom. The summed E-state index contributed by atoms with van der Waals surface area (Å²) in [6.07, 6.45) is 35.8. The number of carboxylic acid groups (broad SMARTS) is 3. The molecule has 0 fully saturated rings. The van der Waals surface area contributed by atoms with Crippen molar-refractivity contribution in [2.24, 2.45) is 0 Å². The second-order valence-corrected chi connectivity index (χ2v) is 13.8. The summed E-state index contributed by atoms with van der Waals surface area (Å²) in [6, 6.07) is 0. The van der Waals surface area contributed by atoms with Gasteiger partial charge in [0.2, 0.25) is 0 Å². The van der Waals surface area contributed by atoms with Gasteiger partial charge in [-0.25, -0.2) is 0 Å². The fourth-order valence-corrected chi connectivity index (χ4v) is 6.59. The number of aliphatic carboxylic acids is 3. The van der Waals surface area contributed by atoms with Gasteiger partial charge in [-0.3, -0.25) is 9.59 Å². The van der Waals surface area contributed by atoms with Crippen LogP contribution in [0.25, 0.3) is 0 Å². The SMILES string of the molecule is CCCCCC/C=C/CCCCCCCCCCCCCCCC[N+](CCCCC(=O)[O-])(CCCCC(=O)O)CCCCC(=O)O. The minimum Gasteiger partial charge on any atom is -0.550 e. The molecule has 0 aliphatic carbocycles. The molecule has 46 heavy (non-hydrogen) atoms. The number of quaternary nitrogens is 1. The number of hydrogen-bond donors (Lipinski definition) is 2. The molecule has 0 aromatic carbocycles.